The number of hydrogen-bond acceptors (Lipinski definition) is 4. The summed E-state index contributed by atoms with van der Waals surface area (Å²) in [6.45, 7) is -0.846. The third-order valence-electron chi connectivity index (χ3n) is 3.94. The van der Waals surface area contributed by atoms with Crippen molar-refractivity contribution in [1.82, 2.24) is 19.9 Å². The molecule has 0 radical (unpaired) electrons. The number of hydrogen-bond donors (Lipinski definition) is 1. The van der Waals surface area contributed by atoms with Crippen LogP contribution in [-0.4, -0.2) is 33.0 Å². The minimum atomic E-state index is -2.68. The maximum absolute atomic E-state index is 14.1. The number of nitrogens with one attached hydrogen (secondary N) is 1. The lowest BCUT2D eigenvalue weighted by Gasteiger charge is -2.06. The smallest absolute Gasteiger partial charge is 0.272 e. The molecule has 0 saturated heterocycles. The number of alkyl halides is 2. The minimum absolute atomic E-state index is 0.0321. The van der Waals surface area contributed by atoms with Gasteiger partial charge in [-0.25, -0.2) is 13.8 Å². The monoisotopic (exact) mass is 370 g/mol. The van der Waals surface area contributed by atoms with Gasteiger partial charge in [0.1, 0.15) is 23.4 Å². The highest BCUT2D eigenvalue weighted by atomic mass is 19.3. The molecule has 27 heavy (non-hydrogen) atoms. The molecule has 4 rings (SSSR count). The molecule has 8 heteroatoms. The maximum Gasteiger partial charge on any atom is 0.272 e. The number of aromatic amines is 1. The van der Waals surface area contributed by atoms with E-state index < -0.39 is 19.0 Å². The molecule has 0 atom stereocenters. The van der Waals surface area contributed by atoms with Crippen LogP contribution in [0.15, 0.2) is 55.0 Å². The van der Waals surface area contributed by atoms with Crippen molar-refractivity contribution < 1.29 is 17.9 Å². The van der Waals surface area contributed by atoms with Crippen molar-refractivity contribution in [3.05, 3.63) is 60.9 Å². The predicted molar refractivity (Wildman–Crippen MR) is 94.0 cm³/mol. The molecule has 0 aliphatic rings. The number of ether oxygens (including phenoxy) is 1. The molecule has 4 aromatic heterocycles. The van der Waals surface area contributed by atoms with E-state index in [4.69, 9.17) is 4.74 Å². The van der Waals surface area contributed by atoms with Gasteiger partial charge in [-0.15, -0.1) is 0 Å². The fraction of sp³-hybridized carbons (Fsp3) is 0.105. The van der Waals surface area contributed by atoms with Crippen LogP contribution in [-0.2, 0) is 0 Å². The highest BCUT2D eigenvalue weighted by Gasteiger charge is 2.21. The van der Waals surface area contributed by atoms with Gasteiger partial charge in [0.05, 0.1) is 17.0 Å². The number of pyridine rings is 3. The van der Waals surface area contributed by atoms with Gasteiger partial charge in [0.15, 0.2) is 0 Å². The van der Waals surface area contributed by atoms with E-state index in [2.05, 4.69) is 19.9 Å². The van der Waals surface area contributed by atoms with Crippen molar-refractivity contribution >= 4 is 11.0 Å². The normalized spacial score (nSPS) is 11.3. The van der Waals surface area contributed by atoms with Crippen LogP contribution in [0.5, 0.6) is 5.75 Å². The van der Waals surface area contributed by atoms with Crippen molar-refractivity contribution in [2.75, 3.05) is 6.61 Å². The summed E-state index contributed by atoms with van der Waals surface area (Å²) in [6, 6.07) is 9.85. The second-order valence-corrected chi connectivity index (χ2v) is 5.69. The summed E-state index contributed by atoms with van der Waals surface area (Å²) >= 11 is 0. The van der Waals surface area contributed by atoms with Crippen LogP contribution in [0.2, 0.25) is 0 Å². The summed E-state index contributed by atoms with van der Waals surface area (Å²) in [5.74, 6) is -0.862. The summed E-state index contributed by atoms with van der Waals surface area (Å²) in [4.78, 5) is 15.4. The molecule has 5 nitrogen and oxygen atoms in total. The first-order chi connectivity index (χ1) is 13.1. The van der Waals surface area contributed by atoms with Crippen molar-refractivity contribution in [3.63, 3.8) is 0 Å². The Bertz CT molecular complexity index is 1070. The second kappa shape index (κ2) is 7.06. The zero-order valence-corrected chi connectivity index (χ0v) is 13.9. The zero-order chi connectivity index (χ0) is 18.8. The van der Waals surface area contributed by atoms with Crippen LogP contribution in [0.25, 0.3) is 33.5 Å². The Balaban J connectivity index is 2.00. The highest BCUT2D eigenvalue weighted by Crippen LogP contribution is 2.39. The van der Waals surface area contributed by atoms with Crippen molar-refractivity contribution in [2.45, 2.75) is 6.43 Å². The molecule has 0 aliphatic carbocycles. The SMILES string of the molecule is Fc1cc(OCC(F)F)c2[nH]c(-c3ccncc3)c(-c3ccccn3)c2n1. The lowest BCUT2D eigenvalue weighted by atomic mass is 10.1. The Morgan fingerprint density at radius 1 is 1.07 bits per heavy atom. The van der Waals surface area contributed by atoms with E-state index in [1.807, 2.05) is 0 Å². The fourth-order valence-corrected chi connectivity index (χ4v) is 2.86. The number of fused-ring (bicyclic) bond motifs is 1. The van der Waals surface area contributed by atoms with Crippen molar-refractivity contribution in [2.24, 2.45) is 0 Å². The average Bonchev–Trinajstić information content (AvgIpc) is 3.06. The molecule has 0 amide bonds. The highest BCUT2D eigenvalue weighted by molar-refractivity contribution is 6.02. The van der Waals surface area contributed by atoms with Crippen LogP contribution in [0.4, 0.5) is 13.2 Å². The van der Waals surface area contributed by atoms with Gasteiger partial charge in [0.25, 0.3) is 6.43 Å². The summed E-state index contributed by atoms with van der Waals surface area (Å²) in [7, 11) is 0. The molecule has 0 spiro atoms. The first-order valence-electron chi connectivity index (χ1n) is 8.08. The van der Waals surface area contributed by atoms with Gasteiger partial charge in [-0.1, -0.05) is 6.07 Å². The maximum atomic E-state index is 14.1. The number of halogens is 3. The van der Waals surface area contributed by atoms with Gasteiger partial charge in [-0.2, -0.15) is 4.39 Å². The molecule has 0 aromatic carbocycles. The third kappa shape index (κ3) is 3.33. The Morgan fingerprint density at radius 3 is 2.59 bits per heavy atom. The number of H-pyrrole nitrogens is 1. The van der Waals surface area contributed by atoms with Gasteiger partial charge < -0.3 is 9.72 Å². The first-order valence-corrected chi connectivity index (χ1v) is 8.08. The fourth-order valence-electron chi connectivity index (χ4n) is 2.86. The van der Waals surface area contributed by atoms with E-state index in [0.717, 1.165) is 11.6 Å². The number of rotatable bonds is 5. The molecular formula is C19H13F3N4O. The summed E-state index contributed by atoms with van der Waals surface area (Å²) < 4.78 is 44.4. The molecule has 0 bridgehead atoms. The van der Waals surface area contributed by atoms with Crippen LogP contribution in [0.3, 0.4) is 0 Å². The van der Waals surface area contributed by atoms with Gasteiger partial charge >= 0.3 is 0 Å². The van der Waals surface area contributed by atoms with E-state index in [-0.39, 0.29) is 11.3 Å². The molecule has 0 fully saturated rings. The molecule has 4 aromatic rings. The molecular weight excluding hydrogens is 357 g/mol. The van der Waals surface area contributed by atoms with E-state index in [0.29, 0.717) is 22.5 Å². The summed E-state index contributed by atoms with van der Waals surface area (Å²) in [6.07, 6.45) is 2.16. The standard InChI is InChI=1S/C19H13F3N4O/c20-14(21)10-27-13-9-15(22)25-19-16(12-3-1-2-6-24-12)17(26-18(13)19)11-4-7-23-8-5-11/h1-9,14,26H,10H2. The largest absolute Gasteiger partial charge is 0.485 e. The summed E-state index contributed by atoms with van der Waals surface area (Å²) in [5, 5.41) is 0. The third-order valence-corrected chi connectivity index (χ3v) is 3.94. The van der Waals surface area contributed by atoms with E-state index in [1.165, 1.54) is 0 Å². The molecule has 136 valence electrons. The lowest BCUT2D eigenvalue weighted by molar-refractivity contribution is 0.0823. The predicted octanol–water partition coefficient (Wildman–Crippen LogP) is 4.47. The topological polar surface area (TPSA) is 63.7 Å². The first kappa shape index (κ1) is 17.0. The minimum Gasteiger partial charge on any atom is -0.485 e. The molecule has 0 saturated carbocycles. The molecule has 1 N–H and O–H groups in total. The Kier molecular flexibility index (Phi) is 4.45. The quantitative estimate of drug-likeness (QED) is 0.527. The van der Waals surface area contributed by atoms with Gasteiger partial charge in [-0.05, 0) is 24.3 Å². The van der Waals surface area contributed by atoms with Crippen LogP contribution in [0.1, 0.15) is 0 Å². The molecule has 4 heterocycles. The lowest BCUT2D eigenvalue weighted by Crippen LogP contribution is -2.07. The van der Waals surface area contributed by atoms with E-state index >= 15 is 0 Å². The van der Waals surface area contributed by atoms with Gasteiger partial charge in [-0.3, -0.25) is 9.97 Å². The van der Waals surface area contributed by atoms with E-state index in [9.17, 15) is 13.2 Å². The second-order valence-electron chi connectivity index (χ2n) is 5.69. The summed E-state index contributed by atoms with van der Waals surface area (Å²) in [5.41, 5.74) is 3.08. The number of aromatic nitrogens is 4. The van der Waals surface area contributed by atoms with Gasteiger partial charge in [0, 0.05) is 30.2 Å². The van der Waals surface area contributed by atoms with Crippen molar-refractivity contribution in [3.8, 4) is 28.3 Å². The molecule has 0 aliphatic heterocycles. The average molecular weight is 370 g/mol. The number of nitrogens with zero attached hydrogens (tertiary/aromatic N) is 3. The zero-order valence-electron chi connectivity index (χ0n) is 13.9. The Hall–Kier alpha value is -3.42. The Labute approximate surface area is 151 Å². The molecule has 0 unspecified atom stereocenters. The van der Waals surface area contributed by atoms with Crippen LogP contribution in [0, 0.1) is 5.95 Å². The van der Waals surface area contributed by atoms with Crippen LogP contribution >= 0.6 is 0 Å². The Morgan fingerprint density at radius 2 is 1.89 bits per heavy atom. The van der Waals surface area contributed by atoms with E-state index in [1.54, 1.807) is 48.9 Å². The van der Waals surface area contributed by atoms with Crippen molar-refractivity contribution in [1.29, 1.82) is 0 Å². The van der Waals surface area contributed by atoms with Crippen LogP contribution < -0.4 is 4.74 Å². The van der Waals surface area contributed by atoms with Gasteiger partial charge in [0.2, 0.25) is 5.95 Å².